The first-order valence-corrected chi connectivity index (χ1v) is 12.6. The fourth-order valence-electron chi connectivity index (χ4n) is 6.48. The second-order valence-corrected chi connectivity index (χ2v) is 9.97. The standard InChI is InChI=1S/C27H42O2/c1-3-5-6-15-29-27-14-12-23-17-21(8-10-25(23)19-27)20-7-9-24-18-26(28-4-2)13-11-22(24)16-20/h11,13,18,20-21,23,25,27H,3-10,12,14-17,19H2,1-2H3. The third kappa shape index (κ3) is 5.37. The summed E-state index contributed by atoms with van der Waals surface area (Å²) in [5, 5.41) is 0. The first-order valence-electron chi connectivity index (χ1n) is 12.6. The summed E-state index contributed by atoms with van der Waals surface area (Å²) >= 11 is 0. The van der Waals surface area contributed by atoms with Gasteiger partial charge in [0.15, 0.2) is 0 Å². The van der Waals surface area contributed by atoms with Crippen molar-refractivity contribution < 1.29 is 9.47 Å². The van der Waals surface area contributed by atoms with Crippen LogP contribution in [0.2, 0.25) is 0 Å². The van der Waals surface area contributed by atoms with E-state index in [9.17, 15) is 0 Å². The Hall–Kier alpha value is -1.02. The zero-order valence-electron chi connectivity index (χ0n) is 18.8. The van der Waals surface area contributed by atoms with Crippen molar-refractivity contribution in [2.45, 2.75) is 97.0 Å². The average Bonchev–Trinajstić information content (AvgIpc) is 2.76. The first-order chi connectivity index (χ1) is 14.3. The van der Waals surface area contributed by atoms with E-state index in [0.717, 1.165) is 42.6 Å². The Bertz CT molecular complexity index is 639. The van der Waals surface area contributed by atoms with Crippen LogP contribution in [0.25, 0.3) is 0 Å². The van der Waals surface area contributed by atoms with Crippen molar-refractivity contribution in [1.29, 1.82) is 0 Å². The molecular formula is C27H42O2. The molecule has 2 nitrogen and oxygen atoms in total. The van der Waals surface area contributed by atoms with Gasteiger partial charge in [-0.2, -0.15) is 0 Å². The molecule has 29 heavy (non-hydrogen) atoms. The lowest BCUT2D eigenvalue weighted by Gasteiger charge is -2.45. The smallest absolute Gasteiger partial charge is 0.119 e. The second kappa shape index (κ2) is 10.3. The Kier molecular flexibility index (Phi) is 7.56. The highest BCUT2D eigenvalue weighted by Gasteiger charge is 2.38. The maximum absolute atomic E-state index is 6.23. The lowest BCUT2D eigenvalue weighted by Crippen LogP contribution is -2.37. The van der Waals surface area contributed by atoms with Gasteiger partial charge in [-0.3, -0.25) is 0 Å². The van der Waals surface area contributed by atoms with Crippen LogP contribution in [-0.2, 0) is 17.6 Å². The van der Waals surface area contributed by atoms with Gasteiger partial charge in [0, 0.05) is 6.61 Å². The molecule has 2 fully saturated rings. The number of fused-ring (bicyclic) bond motifs is 2. The zero-order valence-corrected chi connectivity index (χ0v) is 18.8. The predicted molar refractivity (Wildman–Crippen MR) is 121 cm³/mol. The van der Waals surface area contributed by atoms with Crippen LogP contribution in [0.15, 0.2) is 18.2 Å². The molecule has 4 rings (SSSR count). The van der Waals surface area contributed by atoms with E-state index in [0.29, 0.717) is 6.10 Å². The Morgan fingerprint density at radius 3 is 2.45 bits per heavy atom. The minimum Gasteiger partial charge on any atom is -0.494 e. The SMILES string of the molecule is CCCCCOC1CCC2CC(C3CCc4cc(OCC)ccc4C3)CCC2C1. The lowest BCUT2D eigenvalue weighted by atomic mass is 9.62. The van der Waals surface area contributed by atoms with Crippen LogP contribution in [-0.4, -0.2) is 19.3 Å². The van der Waals surface area contributed by atoms with E-state index in [2.05, 4.69) is 32.0 Å². The highest BCUT2D eigenvalue weighted by atomic mass is 16.5. The molecule has 0 saturated heterocycles. The van der Waals surface area contributed by atoms with Crippen LogP contribution in [0, 0.1) is 23.7 Å². The normalized spacial score (nSPS) is 31.7. The van der Waals surface area contributed by atoms with E-state index in [1.54, 1.807) is 11.1 Å². The highest BCUT2D eigenvalue weighted by molar-refractivity contribution is 5.37. The monoisotopic (exact) mass is 398 g/mol. The molecule has 5 atom stereocenters. The largest absolute Gasteiger partial charge is 0.494 e. The zero-order chi connectivity index (χ0) is 20.1. The van der Waals surface area contributed by atoms with Gasteiger partial charge in [-0.1, -0.05) is 25.8 Å². The van der Waals surface area contributed by atoms with Gasteiger partial charge < -0.3 is 9.47 Å². The molecule has 0 amide bonds. The molecule has 0 radical (unpaired) electrons. The summed E-state index contributed by atoms with van der Waals surface area (Å²) in [5.74, 6) is 4.84. The van der Waals surface area contributed by atoms with Crippen molar-refractivity contribution in [3.05, 3.63) is 29.3 Å². The average molecular weight is 399 g/mol. The molecule has 0 bridgehead atoms. The van der Waals surface area contributed by atoms with Crippen LogP contribution < -0.4 is 4.74 Å². The maximum atomic E-state index is 6.23. The molecule has 0 spiro atoms. The number of rotatable bonds is 8. The highest BCUT2D eigenvalue weighted by Crippen LogP contribution is 2.47. The molecule has 1 aromatic rings. The molecule has 0 heterocycles. The summed E-state index contributed by atoms with van der Waals surface area (Å²) in [4.78, 5) is 0. The van der Waals surface area contributed by atoms with Crippen molar-refractivity contribution in [2.24, 2.45) is 23.7 Å². The van der Waals surface area contributed by atoms with E-state index >= 15 is 0 Å². The Balaban J connectivity index is 1.26. The molecule has 0 aromatic heterocycles. The van der Waals surface area contributed by atoms with Crippen molar-refractivity contribution in [2.75, 3.05) is 13.2 Å². The first kappa shape index (κ1) is 21.2. The Morgan fingerprint density at radius 1 is 0.828 bits per heavy atom. The van der Waals surface area contributed by atoms with Gasteiger partial charge in [0.1, 0.15) is 5.75 Å². The van der Waals surface area contributed by atoms with Gasteiger partial charge >= 0.3 is 0 Å². The Labute approximate surface area is 178 Å². The number of hydrogen-bond acceptors (Lipinski definition) is 2. The summed E-state index contributed by atoms with van der Waals surface area (Å²) < 4.78 is 11.9. The van der Waals surface area contributed by atoms with E-state index in [1.165, 1.54) is 77.0 Å². The molecule has 3 aliphatic carbocycles. The van der Waals surface area contributed by atoms with Gasteiger partial charge in [-0.25, -0.2) is 0 Å². The number of benzene rings is 1. The van der Waals surface area contributed by atoms with Crippen LogP contribution in [0.5, 0.6) is 5.75 Å². The van der Waals surface area contributed by atoms with Crippen molar-refractivity contribution in [1.82, 2.24) is 0 Å². The molecule has 2 heteroatoms. The topological polar surface area (TPSA) is 18.5 Å². The number of hydrogen-bond donors (Lipinski definition) is 0. The fourth-order valence-corrected chi connectivity index (χ4v) is 6.48. The lowest BCUT2D eigenvalue weighted by molar-refractivity contribution is -0.0249. The van der Waals surface area contributed by atoms with Crippen LogP contribution in [0.3, 0.4) is 0 Å². The number of unbranched alkanes of at least 4 members (excludes halogenated alkanes) is 2. The third-order valence-corrected chi connectivity index (χ3v) is 8.13. The maximum Gasteiger partial charge on any atom is 0.119 e. The molecular weight excluding hydrogens is 356 g/mol. The summed E-state index contributed by atoms with van der Waals surface area (Å²) in [6, 6.07) is 6.83. The molecule has 5 unspecified atom stereocenters. The summed E-state index contributed by atoms with van der Waals surface area (Å²) in [6.45, 7) is 6.09. The van der Waals surface area contributed by atoms with E-state index in [-0.39, 0.29) is 0 Å². The summed E-state index contributed by atoms with van der Waals surface area (Å²) in [5.41, 5.74) is 3.14. The fraction of sp³-hybridized carbons (Fsp3) is 0.778. The molecule has 3 aliphatic rings. The van der Waals surface area contributed by atoms with Gasteiger partial charge in [0.25, 0.3) is 0 Å². The van der Waals surface area contributed by atoms with Gasteiger partial charge in [-0.15, -0.1) is 0 Å². The van der Waals surface area contributed by atoms with Crippen molar-refractivity contribution in [3.8, 4) is 5.75 Å². The quantitative estimate of drug-likeness (QED) is 0.440. The summed E-state index contributed by atoms with van der Waals surface area (Å²) in [6.07, 6.45) is 16.8. The van der Waals surface area contributed by atoms with Crippen LogP contribution in [0.1, 0.15) is 89.2 Å². The minimum absolute atomic E-state index is 0.561. The summed E-state index contributed by atoms with van der Waals surface area (Å²) in [7, 11) is 0. The molecule has 0 N–H and O–H groups in total. The van der Waals surface area contributed by atoms with Crippen LogP contribution in [0.4, 0.5) is 0 Å². The van der Waals surface area contributed by atoms with Gasteiger partial charge in [0.2, 0.25) is 0 Å². The van der Waals surface area contributed by atoms with Crippen LogP contribution >= 0.6 is 0 Å². The van der Waals surface area contributed by atoms with E-state index in [4.69, 9.17) is 9.47 Å². The van der Waals surface area contributed by atoms with Crippen molar-refractivity contribution >= 4 is 0 Å². The molecule has 162 valence electrons. The predicted octanol–water partition coefficient (Wildman–Crippen LogP) is 6.98. The molecule has 0 aliphatic heterocycles. The second-order valence-electron chi connectivity index (χ2n) is 9.97. The van der Waals surface area contributed by atoms with Crippen molar-refractivity contribution in [3.63, 3.8) is 0 Å². The number of ether oxygens (including phenoxy) is 2. The number of aryl methyl sites for hydroxylation is 1. The molecule has 2 saturated carbocycles. The van der Waals surface area contributed by atoms with E-state index < -0.39 is 0 Å². The van der Waals surface area contributed by atoms with Gasteiger partial charge in [0.05, 0.1) is 12.7 Å². The van der Waals surface area contributed by atoms with E-state index in [1.807, 2.05) is 0 Å². The third-order valence-electron chi connectivity index (χ3n) is 8.13. The minimum atomic E-state index is 0.561. The molecule has 1 aromatic carbocycles. The van der Waals surface area contributed by atoms with Gasteiger partial charge in [-0.05, 0) is 118 Å². The Morgan fingerprint density at radius 2 is 1.62 bits per heavy atom.